The van der Waals surface area contributed by atoms with E-state index in [4.69, 9.17) is 10.00 Å². The topological polar surface area (TPSA) is 53.3 Å². The van der Waals surface area contributed by atoms with Gasteiger partial charge in [0.2, 0.25) is 0 Å². The Bertz CT molecular complexity index is 392. The number of rotatable bonds is 4. The van der Waals surface area contributed by atoms with Crippen molar-refractivity contribution in [1.29, 1.82) is 5.26 Å². The maximum atomic E-state index is 11.9. The quantitative estimate of drug-likeness (QED) is 0.722. The number of hydrogen-bond acceptors (Lipinski definition) is 3. The van der Waals surface area contributed by atoms with E-state index in [1.807, 2.05) is 13.0 Å². The van der Waals surface area contributed by atoms with Crippen molar-refractivity contribution < 1.29 is 9.53 Å². The van der Waals surface area contributed by atoms with Gasteiger partial charge in [-0.2, -0.15) is 5.26 Å². The summed E-state index contributed by atoms with van der Waals surface area (Å²) < 4.78 is 5.01. The van der Waals surface area contributed by atoms with Crippen molar-refractivity contribution in [1.82, 2.24) is 4.90 Å². The van der Waals surface area contributed by atoms with E-state index >= 15 is 0 Å². The van der Waals surface area contributed by atoms with Gasteiger partial charge in [-0.15, -0.1) is 0 Å². The van der Waals surface area contributed by atoms with Crippen LogP contribution in [-0.4, -0.2) is 31.0 Å². The molecular weight excluding hydrogens is 204 g/mol. The Labute approximate surface area is 95.0 Å². The molecule has 0 aliphatic carbocycles. The normalized spacial score (nSPS) is 9.31. The molecule has 0 heterocycles. The Balaban J connectivity index is 2.83. The second kappa shape index (κ2) is 5.76. The van der Waals surface area contributed by atoms with Crippen LogP contribution in [0, 0.1) is 11.3 Å². The second-order valence-corrected chi connectivity index (χ2v) is 3.21. The van der Waals surface area contributed by atoms with Gasteiger partial charge >= 0.3 is 0 Å². The van der Waals surface area contributed by atoms with Crippen LogP contribution in [-0.2, 0) is 0 Å². The molecule has 1 rings (SSSR count). The van der Waals surface area contributed by atoms with E-state index in [0.29, 0.717) is 17.9 Å². The van der Waals surface area contributed by atoms with E-state index in [-0.39, 0.29) is 12.5 Å². The Morgan fingerprint density at radius 3 is 2.50 bits per heavy atom. The zero-order valence-electron chi connectivity index (χ0n) is 9.43. The molecule has 16 heavy (non-hydrogen) atoms. The minimum Gasteiger partial charge on any atom is -0.497 e. The number of hydrogen-bond donors (Lipinski definition) is 0. The summed E-state index contributed by atoms with van der Waals surface area (Å²) in [5, 5.41) is 8.58. The Morgan fingerprint density at radius 2 is 2.06 bits per heavy atom. The molecule has 4 heteroatoms. The average molecular weight is 218 g/mol. The van der Waals surface area contributed by atoms with Gasteiger partial charge < -0.3 is 9.64 Å². The van der Waals surface area contributed by atoms with E-state index < -0.39 is 0 Å². The summed E-state index contributed by atoms with van der Waals surface area (Å²) in [6.07, 6.45) is 0. The van der Waals surface area contributed by atoms with Crippen LogP contribution in [0.25, 0.3) is 0 Å². The van der Waals surface area contributed by atoms with Gasteiger partial charge in [0.05, 0.1) is 13.2 Å². The third kappa shape index (κ3) is 2.74. The molecule has 0 aromatic heterocycles. The summed E-state index contributed by atoms with van der Waals surface area (Å²) in [6.45, 7) is 2.48. The molecule has 4 nitrogen and oxygen atoms in total. The smallest absolute Gasteiger partial charge is 0.254 e. The third-order valence-electron chi connectivity index (χ3n) is 2.27. The second-order valence-electron chi connectivity index (χ2n) is 3.21. The molecule has 0 saturated carbocycles. The first-order valence-corrected chi connectivity index (χ1v) is 5.03. The molecule has 1 amide bonds. The lowest BCUT2D eigenvalue weighted by molar-refractivity contribution is 0.0784. The summed E-state index contributed by atoms with van der Waals surface area (Å²) >= 11 is 0. The van der Waals surface area contributed by atoms with Crippen molar-refractivity contribution in [2.45, 2.75) is 6.92 Å². The Hall–Kier alpha value is -2.02. The fraction of sp³-hybridized carbons (Fsp3) is 0.333. The van der Waals surface area contributed by atoms with Crippen molar-refractivity contribution in [3.63, 3.8) is 0 Å². The fourth-order valence-electron chi connectivity index (χ4n) is 1.33. The van der Waals surface area contributed by atoms with Crippen molar-refractivity contribution in [3.05, 3.63) is 29.8 Å². The van der Waals surface area contributed by atoms with Crippen molar-refractivity contribution in [2.24, 2.45) is 0 Å². The number of methoxy groups -OCH3 is 1. The molecule has 1 aromatic rings. The Morgan fingerprint density at radius 1 is 1.44 bits per heavy atom. The lowest BCUT2D eigenvalue weighted by atomic mass is 10.2. The molecule has 0 saturated heterocycles. The molecular formula is C12H14N2O2. The van der Waals surface area contributed by atoms with Crippen LogP contribution in [0.5, 0.6) is 5.75 Å². The highest BCUT2D eigenvalue weighted by Crippen LogP contribution is 2.12. The van der Waals surface area contributed by atoms with Crippen molar-refractivity contribution in [2.75, 3.05) is 20.2 Å². The maximum absolute atomic E-state index is 11.9. The minimum absolute atomic E-state index is 0.112. The first-order valence-electron chi connectivity index (χ1n) is 5.03. The van der Waals surface area contributed by atoms with E-state index in [9.17, 15) is 4.79 Å². The van der Waals surface area contributed by atoms with Gasteiger partial charge in [-0.1, -0.05) is 0 Å². The van der Waals surface area contributed by atoms with Gasteiger partial charge in [-0.25, -0.2) is 0 Å². The van der Waals surface area contributed by atoms with Crippen LogP contribution in [0.2, 0.25) is 0 Å². The van der Waals surface area contributed by atoms with Crippen LogP contribution < -0.4 is 4.74 Å². The number of benzene rings is 1. The van der Waals surface area contributed by atoms with Crippen LogP contribution in [0.15, 0.2) is 24.3 Å². The molecule has 0 aliphatic heterocycles. The molecule has 1 aromatic carbocycles. The average Bonchev–Trinajstić information content (AvgIpc) is 2.35. The van der Waals surface area contributed by atoms with Gasteiger partial charge in [-0.3, -0.25) is 4.79 Å². The lowest BCUT2D eigenvalue weighted by Crippen LogP contribution is -2.31. The maximum Gasteiger partial charge on any atom is 0.254 e. The summed E-state index contributed by atoms with van der Waals surface area (Å²) in [5.41, 5.74) is 0.568. The number of ether oxygens (including phenoxy) is 1. The number of carbonyl (C=O) groups excluding carboxylic acids is 1. The van der Waals surface area contributed by atoms with Gasteiger partial charge in [0, 0.05) is 12.1 Å². The van der Waals surface area contributed by atoms with E-state index in [1.165, 1.54) is 4.90 Å². The standard InChI is InChI=1S/C12H14N2O2/c1-3-14(9-8-13)12(15)10-4-6-11(16-2)7-5-10/h4-7H,3,9H2,1-2H3. The van der Waals surface area contributed by atoms with E-state index in [1.54, 1.807) is 31.4 Å². The van der Waals surface area contributed by atoms with Crippen LogP contribution in [0.3, 0.4) is 0 Å². The van der Waals surface area contributed by atoms with Crippen molar-refractivity contribution >= 4 is 5.91 Å². The van der Waals surface area contributed by atoms with E-state index in [2.05, 4.69) is 0 Å². The first kappa shape index (κ1) is 12.1. The van der Waals surface area contributed by atoms with Crippen LogP contribution in [0.1, 0.15) is 17.3 Å². The fourth-order valence-corrected chi connectivity index (χ4v) is 1.33. The zero-order chi connectivity index (χ0) is 12.0. The third-order valence-corrected chi connectivity index (χ3v) is 2.27. The minimum atomic E-state index is -0.133. The van der Waals surface area contributed by atoms with Gasteiger partial charge in [-0.05, 0) is 31.2 Å². The molecule has 84 valence electrons. The molecule has 0 radical (unpaired) electrons. The van der Waals surface area contributed by atoms with Crippen molar-refractivity contribution in [3.8, 4) is 11.8 Å². The lowest BCUT2D eigenvalue weighted by Gasteiger charge is -2.17. The molecule has 0 aliphatic rings. The number of amides is 1. The highest BCUT2D eigenvalue weighted by atomic mass is 16.5. The molecule has 0 atom stereocenters. The highest BCUT2D eigenvalue weighted by molar-refractivity contribution is 5.94. The summed E-state index contributed by atoms with van der Waals surface area (Å²) in [5.74, 6) is 0.576. The predicted molar refractivity (Wildman–Crippen MR) is 60.2 cm³/mol. The highest BCUT2D eigenvalue weighted by Gasteiger charge is 2.13. The first-order chi connectivity index (χ1) is 7.72. The van der Waals surface area contributed by atoms with Gasteiger partial charge in [0.1, 0.15) is 12.3 Å². The predicted octanol–water partition coefficient (Wildman–Crippen LogP) is 1.68. The molecule has 0 unspecified atom stereocenters. The van der Waals surface area contributed by atoms with Crippen LogP contribution >= 0.6 is 0 Å². The SMILES string of the molecule is CCN(CC#N)C(=O)c1ccc(OC)cc1. The molecule has 0 N–H and O–H groups in total. The number of nitrogens with zero attached hydrogens (tertiary/aromatic N) is 2. The van der Waals surface area contributed by atoms with E-state index in [0.717, 1.165) is 0 Å². The molecule has 0 fully saturated rings. The van der Waals surface area contributed by atoms with Gasteiger partial charge in [0.25, 0.3) is 5.91 Å². The monoisotopic (exact) mass is 218 g/mol. The molecule has 0 bridgehead atoms. The summed E-state index contributed by atoms with van der Waals surface area (Å²) in [4.78, 5) is 13.4. The van der Waals surface area contributed by atoms with Crippen LogP contribution in [0.4, 0.5) is 0 Å². The summed E-state index contributed by atoms with van der Waals surface area (Å²) in [7, 11) is 1.57. The Kier molecular flexibility index (Phi) is 4.34. The van der Waals surface area contributed by atoms with Gasteiger partial charge in [0.15, 0.2) is 0 Å². The number of carbonyl (C=O) groups is 1. The zero-order valence-corrected chi connectivity index (χ0v) is 9.43. The number of nitriles is 1. The molecule has 0 spiro atoms. The summed E-state index contributed by atoms with van der Waals surface area (Å²) in [6, 6.07) is 8.82. The largest absolute Gasteiger partial charge is 0.497 e.